The fourth-order valence-electron chi connectivity index (χ4n) is 1.47. The Morgan fingerprint density at radius 2 is 2.33 bits per heavy atom. The predicted molar refractivity (Wildman–Crippen MR) is 57.7 cm³/mol. The number of non-ortho nitro benzene ring substituents is 1. The Bertz CT molecular complexity index is 394. The van der Waals surface area contributed by atoms with E-state index in [4.69, 9.17) is 0 Å². The second-order valence-corrected chi connectivity index (χ2v) is 4.27. The Balaban J connectivity index is 2.29. The Labute approximate surface area is 90.2 Å². The van der Waals surface area contributed by atoms with E-state index in [1.54, 1.807) is 11.8 Å². The van der Waals surface area contributed by atoms with Crippen molar-refractivity contribution < 1.29 is 9.31 Å². The number of nitro groups is 1. The molecule has 1 fully saturated rings. The number of thioether (sulfide) groups is 1. The van der Waals surface area contributed by atoms with E-state index in [1.807, 2.05) is 4.90 Å². The highest BCUT2D eigenvalue weighted by Crippen LogP contribution is 2.28. The van der Waals surface area contributed by atoms with E-state index in [0.717, 1.165) is 24.2 Å². The SMILES string of the molecule is O=[N+]([O-])c1ccc(N2CCSC2)c(F)c1. The van der Waals surface area contributed by atoms with Crippen LogP contribution in [0.1, 0.15) is 0 Å². The highest BCUT2D eigenvalue weighted by Gasteiger charge is 2.18. The lowest BCUT2D eigenvalue weighted by atomic mass is 10.2. The molecule has 4 nitrogen and oxygen atoms in total. The summed E-state index contributed by atoms with van der Waals surface area (Å²) < 4.78 is 13.5. The Morgan fingerprint density at radius 1 is 1.53 bits per heavy atom. The van der Waals surface area contributed by atoms with Crippen LogP contribution in [0.4, 0.5) is 15.8 Å². The first-order valence-electron chi connectivity index (χ1n) is 4.45. The quantitative estimate of drug-likeness (QED) is 0.575. The van der Waals surface area contributed by atoms with Crippen LogP contribution in [0.5, 0.6) is 0 Å². The highest BCUT2D eigenvalue weighted by atomic mass is 32.2. The van der Waals surface area contributed by atoms with E-state index in [9.17, 15) is 14.5 Å². The van der Waals surface area contributed by atoms with Crippen LogP contribution >= 0.6 is 11.8 Å². The van der Waals surface area contributed by atoms with Gasteiger partial charge in [0.05, 0.1) is 22.6 Å². The summed E-state index contributed by atoms with van der Waals surface area (Å²) in [5.74, 6) is 1.19. The molecule has 1 aromatic carbocycles. The van der Waals surface area contributed by atoms with Gasteiger partial charge in [0.2, 0.25) is 0 Å². The van der Waals surface area contributed by atoms with E-state index < -0.39 is 10.7 Å². The maximum atomic E-state index is 13.5. The number of nitrogens with zero attached hydrogens (tertiary/aromatic N) is 2. The van der Waals surface area contributed by atoms with Gasteiger partial charge in [-0.15, -0.1) is 11.8 Å². The number of anilines is 1. The maximum Gasteiger partial charge on any atom is 0.272 e. The third kappa shape index (κ3) is 2.04. The zero-order chi connectivity index (χ0) is 10.8. The van der Waals surface area contributed by atoms with Crippen molar-refractivity contribution in [1.82, 2.24) is 0 Å². The van der Waals surface area contributed by atoms with Crippen LogP contribution in [0.25, 0.3) is 0 Å². The van der Waals surface area contributed by atoms with Gasteiger partial charge in [-0.1, -0.05) is 0 Å². The number of benzene rings is 1. The molecule has 1 aliphatic heterocycles. The summed E-state index contributed by atoms with van der Waals surface area (Å²) >= 11 is 1.72. The van der Waals surface area contributed by atoms with Gasteiger partial charge in [0.15, 0.2) is 5.82 Å². The number of hydrogen-bond donors (Lipinski definition) is 0. The lowest BCUT2D eigenvalue weighted by molar-refractivity contribution is -0.385. The van der Waals surface area contributed by atoms with E-state index >= 15 is 0 Å². The second-order valence-electron chi connectivity index (χ2n) is 3.19. The van der Waals surface area contributed by atoms with Crippen molar-refractivity contribution >= 4 is 23.1 Å². The molecule has 0 spiro atoms. The van der Waals surface area contributed by atoms with Gasteiger partial charge in [0.1, 0.15) is 0 Å². The summed E-state index contributed by atoms with van der Waals surface area (Å²) in [4.78, 5) is 11.7. The highest BCUT2D eigenvalue weighted by molar-refractivity contribution is 7.99. The van der Waals surface area contributed by atoms with Gasteiger partial charge in [-0.25, -0.2) is 4.39 Å². The topological polar surface area (TPSA) is 46.4 Å². The first-order valence-corrected chi connectivity index (χ1v) is 5.60. The standard InChI is InChI=1S/C9H9FN2O2S/c10-8-5-7(12(13)14)1-2-9(8)11-3-4-15-6-11/h1-2,5H,3-4,6H2. The van der Waals surface area contributed by atoms with Gasteiger partial charge < -0.3 is 4.90 Å². The maximum absolute atomic E-state index is 13.5. The Kier molecular flexibility index (Phi) is 2.77. The van der Waals surface area contributed by atoms with Gasteiger partial charge in [-0.2, -0.15) is 0 Å². The average Bonchev–Trinajstić information content (AvgIpc) is 2.70. The lowest BCUT2D eigenvalue weighted by Gasteiger charge is -2.16. The normalized spacial score (nSPS) is 15.7. The minimum Gasteiger partial charge on any atom is -0.359 e. The fourth-order valence-corrected chi connectivity index (χ4v) is 2.44. The van der Waals surface area contributed by atoms with Crippen molar-refractivity contribution in [3.63, 3.8) is 0 Å². The largest absolute Gasteiger partial charge is 0.359 e. The molecule has 0 bridgehead atoms. The van der Waals surface area contributed by atoms with Crippen molar-refractivity contribution in [3.05, 3.63) is 34.1 Å². The molecule has 0 aliphatic carbocycles. The lowest BCUT2D eigenvalue weighted by Crippen LogP contribution is -2.19. The van der Waals surface area contributed by atoms with Crippen molar-refractivity contribution in [2.45, 2.75) is 0 Å². The number of hydrogen-bond acceptors (Lipinski definition) is 4. The molecule has 0 aromatic heterocycles. The molecular formula is C9H9FN2O2S. The Morgan fingerprint density at radius 3 is 2.87 bits per heavy atom. The summed E-state index contributed by atoms with van der Waals surface area (Å²) in [6.07, 6.45) is 0. The van der Waals surface area contributed by atoms with Crippen LogP contribution in [0, 0.1) is 15.9 Å². The van der Waals surface area contributed by atoms with Crippen LogP contribution in [0.15, 0.2) is 18.2 Å². The van der Waals surface area contributed by atoms with Crippen LogP contribution < -0.4 is 4.90 Å². The molecule has 6 heteroatoms. The molecule has 0 radical (unpaired) electrons. The van der Waals surface area contributed by atoms with Gasteiger partial charge in [-0.05, 0) is 6.07 Å². The number of rotatable bonds is 2. The van der Waals surface area contributed by atoms with Crippen molar-refractivity contribution in [2.75, 3.05) is 23.1 Å². The average molecular weight is 228 g/mol. The number of halogens is 1. The smallest absolute Gasteiger partial charge is 0.272 e. The van der Waals surface area contributed by atoms with Crippen LogP contribution in [0.3, 0.4) is 0 Å². The van der Waals surface area contributed by atoms with Gasteiger partial charge in [-0.3, -0.25) is 10.1 Å². The molecule has 1 aromatic rings. The number of nitro benzene ring substituents is 1. The zero-order valence-electron chi connectivity index (χ0n) is 7.85. The molecule has 1 heterocycles. The molecule has 0 amide bonds. The molecule has 1 aliphatic rings. The molecule has 0 unspecified atom stereocenters. The van der Waals surface area contributed by atoms with Crippen molar-refractivity contribution in [2.24, 2.45) is 0 Å². The predicted octanol–water partition coefficient (Wildman–Crippen LogP) is 2.24. The fraction of sp³-hybridized carbons (Fsp3) is 0.333. The van der Waals surface area contributed by atoms with Gasteiger partial charge in [0.25, 0.3) is 5.69 Å². The second kappa shape index (κ2) is 4.06. The molecule has 0 saturated carbocycles. The zero-order valence-corrected chi connectivity index (χ0v) is 8.67. The molecule has 0 atom stereocenters. The van der Waals surface area contributed by atoms with Crippen molar-refractivity contribution in [1.29, 1.82) is 0 Å². The van der Waals surface area contributed by atoms with Crippen LogP contribution in [-0.2, 0) is 0 Å². The monoisotopic (exact) mass is 228 g/mol. The third-order valence-electron chi connectivity index (χ3n) is 2.24. The first-order chi connectivity index (χ1) is 7.18. The van der Waals surface area contributed by atoms with Gasteiger partial charge >= 0.3 is 0 Å². The first kappa shape index (κ1) is 10.2. The molecule has 80 valence electrons. The van der Waals surface area contributed by atoms with E-state index in [0.29, 0.717) is 5.69 Å². The molecular weight excluding hydrogens is 219 g/mol. The van der Waals surface area contributed by atoms with Crippen LogP contribution in [-0.4, -0.2) is 23.1 Å². The molecule has 0 N–H and O–H groups in total. The van der Waals surface area contributed by atoms with Crippen LogP contribution in [0.2, 0.25) is 0 Å². The van der Waals surface area contributed by atoms with Gasteiger partial charge in [0, 0.05) is 18.4 Å². The molecule has 1 saturated heterocycles. The van der Waals surface area contributed by atoms with E-state index in [2.05, 4.69) is 0 Å². The summed E-state index contributed by atoms with van der Waals surface area (Å²) in [5, 5.41) is 10.4. The molecule has 15 heavy (non-hydrogen) atoms. The third-order valence-corrected chi connectivity index (χ3v) is 3.20. The van der Waals surface area contributed by atoms with E-state index in [1.165, 1.54) is 12.1 Å². The summed E-state index contributed by atoms with van der Waals surface area (Å²) in [5.41, 5.74) is 0.244. The summed E-state index contributed by atoms with van der Waals surface area (Å²) in [6, 6.07) is 3.78. The van der Waals surface area contributed by atoms with Crippen molar-refractivity contribution in [3.8, 4) is 0 Å². The van der Waals surface area contributed by atoms with E-state index in [-0.39, 0.29) is 5.69 Å². The Hall–Kier alpha value is -1.30. The molecule has 2 rings (SSSR count). The summed E-state index contributed by atoms with van der Waals surface area (Å²) in [7, 11) is 0. The summed E-state index contributed by atoms with van der Waals surface area (Å²) in [6.45, 7) is 0.791. The minimum absolute atomic E-state index is 0.205. The minimum atomic E-state index is -0.592.